The first-order chi connectivity index (χ1) is 6.00. The van der Waals surface area contributed by atoms with E-state index in [-0.39, 0.29) is 4.47 Å². The van der Waals surface area contributed by atoms with Crippen LogP contribution in [0.2, 0.25) is 0 Å². The molecule has 0 radical (unpaired) electrons. The fraction of sp³-hybridized carbons (Fsp3) is 0.143. The van der Waals surface area contributed by atoms with Crippen LogP contribution in [0.1, 0.15) is 0 Å². The molecule has 0 spiro atoms. The quantitative estimate of drug-likeness (QED) is 0.584. The van der Waals surface area contributed by atoms with Crippen LogP contribution in [0.5, 0.6) is 5.75 Å². The van der Waals surface area contributed by atoms with Gasteiger partial charge in [-0.2, -0.15) is 8.78 Å². The van der Waals surface area contributed by atoms with Crippen molar-refractivity contribution in [1.29, 1.82) is 0 Å². The minimum Gasteiger partial charge on any atom is -0.433 e. The average molecular weight is 259 g/mol. The Balaban J connectivity index is 3.05. The molecular formula is C7H3BrF4O. The Labute approximate surface area is 79.4 Å². The highest BCUT2D eigenvalue weighted by Gasteiger charge is 2.13. The lowest BCUT2D eigenvalue weighted by Crippen LogP contribution is -2.03. The predicted molar refractivity (Wildman–Crippen MR) is 40.7 cm³/mol. The Hall–Kier alpha value is -0.780. The van der Waals surface area contributed by atoms with E-state index >= 15 is 0 Å². The SMILES string of the molecule is Fc1cc(F)c(Br)c(OC(F)F)c1. The largest absolute Gasteiger partial charge is 0.433 e. The van der Waals surface area contributed by atoms with Gasteiger partial charge in [-0.05, 0) is 15.9 Å². The summed E-state index contributed by atoms with van der Waals surface area (Å²) in [6.07, 6.45) is 0. The topological polar surface area (TPSA) is 9.23 Å². The van der Waals surface area contributed by atoms with Gasteiger partial charge in [-0.25, -0.2) is 8.78 Å². The van der Waals surface area contributed by atoms with Gasteiger partial charge in [0.25, 0.3) is 0 Å². The van der Waals surface area contributed by atoms with Crippen molar-refractivity contribution < 1.29 is 22.3 Å². The number of alkyl halides is 2. The third-order valence-corrected chi connectivity index (χ3v) is 1.95. The molecule has 0 aliphatic rings. The van der Waals surface area contributed by atoms with E-state index in [0.29, 0.717) is 12.1 Å². The van der Waals surface area contributed by atoms with Gasteiger partial charge in [-0.15, -0.1) is 0 Å². The van der Waals surface area contributed by atoms with Crippen molar-refractivity contribution in [3.63, 3.8) is 0 Å². The summed E-state index contributed by atoms with van der Waals surface area (Å²) < 4.78 is 52.0. The molecule has 0 aromatic heterocycles. The molecule has 0 N–H and O–H groups in total. The smallest absolute Gasteiger partial charge is 0.387 e. The first kappa shape index (κ1) is 10.3. The van der Waals surface area contributed by atoms with E-state index in [2.05, 4.69) is 20.7 Å². The highest BCUT2D eigenvalue weighted by molar-refractivity contribution is 9.10. The Morgan fingerprint density at radius 3 is 2.38 bits per heavy atom. The zero-order chi connectivity index (χ0) is 10.0. The van der Waals surface area contributed by atoms with E-state index in [0.717, 1.165) is 0 Å². The molecule has 0 saturated heterocycles. The van der Waals surface area contributed by atoms with Gasteiger partial charge in [0.15, 0.2) is 0 Å². The van der Waals surface area contributed by atoms with Crippen LogP contribution in [0, 0.1) is 11.6 Å². The third-order valence-electron chi connectivity index (χ3n) is 1.18. The molecule has 1 nitrogen and oxygen atoms in total. The Kier molecular flexibility index (Phi) is 3.13. The van der Waals surface area contributed by atoms with Gasteiger partial charge in [0.1, 0.15) is 17.4 Å². The molecule has 72 valence electrons. The number of ether oxygens (including phenoxy) is 1. The van der Waals surface area contributed by atoms with Crippen LogP contribution in [0.4, 0.5) is 17.6 Å². The van der Waals surface area contributed by atoms with Crippen molar-refractivity contribution in [3.05, 3.63) is 28.2 Å². The summed E-state index contributed by atoms with van der Waals surface area (Å²) in [4.78, 5) is 0. The molecule has 0 aliphatic heterocycles. The summed E-state index contributed by atoms with van der Waals surface area (Å²) in [6.45, 7) is -3.11. The molecular weight excluding hydrogens is 256 g/mol. The van der Waals surface area contributed by atoms with Crippen molar-refractivity contribution >= 4 is 15.9 Å². The monoisotopic (exact) mass is 258 g/mol. The first-order valence-electron chi connectivity index (χ1n) is 3.10. The Morgan fingerprint density at radius 1 is 1.23 bits per heavy atom. The van der Waals surface area contributed by atoms with E-state index in [4.69, 9.17) is 0 Å². The molecule has 1 aromatic carbocycles. The lowest BCUT2D eigenvalue weighted by Gasteiger charge is -2.06. The van der Waals surface area contributed by atoms with Gasteiger partial charge >= 0.3 is 6.61 Å². The molecule has 1 aromatic rings. The zero-order valence-electron chi connectivity index (χ0n) is 6.03. The van der Waals surface area contributed by atoms with Gasteiger partial charge in [0, 0.05) is 12.1 Å². The zero-order valence-corrected chi connectivity index (χ0v) is 7.62. The van der Waals surface area contributed by atoms with Crippen molar-refractivity contribution in [1.82, 2.24) is 0 Å². The molecule has 0 atom stereocenters. The molecule has 0 aliphatic carbocycles. The van der Waals surface area contributed by atoms with Crippen LogP contribution in [-0.4, -0.2) is 6.61 Å². The van der Waals surface area contributed by atoms with Gasteiger partial charge in [0.05, 0.1) is 4.47 Å². The molecule has 0 unspecified atom stereocenters. The van der Waals surface area contributed by atoms with Gasteiger partial charge in [-0.1, -0.05) is 0 Å². The molecule has 1 rings (SSSR count). The lowest BCUT2D eigenvalue weighted by atomic mass is 10.3. The van der Waals surface area contributed by atoms with E-state index in [9.17, 15) is 17.6 Å². The van der Waals surface area contributed by atoms with Crippen LogP contribution >= 0.6 is 15.9 Å². The van der Waals surface area contributed by atoms with Crippen LogP contribution in [-0.2, 0) is 0 Å². The molecule has 0 amide bonds. The molecule has 6 heteroatoms. The fourth-order valence-electron chi connectivity index (χ4n) is 0.714. The summed E-state index contributed by atoms with van der Waals surface area (Å²) in [6, 6.07) is 1.22. The average Bonchev–Trinajstić information content (AvgIpc) is 1.98. The maximum Gasteiger partial charge on any atom is 0.387 e. The van der Waals surface area contributed by atoms with Crippen LogP contribution in [0.25, 0.3) is 0 Å². The standard InChI is InChI=1S/C7H3BrF4O/c8-6-4(10)1-3(9)2-5(6)13-7(11)12/h1-2,7H. The highest BCUT2D eigenvalue weighted by atomic mass is 79.9. The van der Waals surface area contributed by atoms with Crippen LogP contribution < -0.4 is 4.74 Å². The molecule has 0 heterocycles. The summed E-state index contributed by atoms with van der Waals surface area (Å²) >= 11 is 2.64. The van der Waals surface area contributed by atoms with E-state index in [1.54, 1.807) is 0 Å². The maximum absolute atomic E-state index is 12.7. The van der Waals surface area contributed by atoms with Crippen LogP contribution in [0.3, 0.4) is 0 Å². The van der Waals surface area contributed by atoms with Crippen molar-refractivity contribution in [2.24, 2.45) is 0 Å². The van der Waals surface area contributed by atoms with E-state index < -0.39 is 24.0 Å². The van der Waals surface area contributed by atoms with E-state index in [1.165, 1.54) is 0 Å². The van der Waals surface area contributed by atoms with Gasteiger partial charge < -0.3 is 4.74 Å². The predicted octanol–water partition coefficient (Wildman–Crippen LogP) is 3.33. The number of rotatable bonds is 2. The lowest BCUT2D eigenvalue weighted by molar-refractivity contribution is -0.0507. The number of hydrogen-bond donors (Lipinski definition) is 0. The Morgan fingerprint density at radius 2 is 1.85 bits per heavy atom. The van der Waals surface area contributed by atoms with Crippen molar-refractivity contribution in [2.75, 3.05) is 0 Å². The van der Waals surface area contributed by atoms with Crippen molar-refractivity contribution in [2.45, 2.75) is 6.61 Å². The summed E-state index contributed by atoms with van der Waals surface area (Å²) in [5.41, 5.74) is 0. The number of hydrogen-bond acceptors (Lipinski definition) is 1. The molecule has 0 fully saturated rings. The highest BCUT2D eigenvalue weighted by Crippen LogP contribution is 2.29. The first-order valence-corrected chi connectivity index (χ1v) is 3.89. The summed E-state index contributed by atoms with van der Waals surface area (Å²) in [7, 11) is 0. The number of halogens is 5. The molecule has 0 saturated carbocycles. The Bertz CT molecular complexity index is 316. The molecule has 13 heavy (non-hydrogen) atoms. The van der Waals surface area contributed by atoms with Gasteiger partial charge in [0.2, 0.25) is 0 Å². The third kappa shape index (κ3) is 2.58. The van der Waals surface area contributed by atoms with Gasteiger partial charge in [-0.3, -0.25) is 0 Å². The van der Waals surface area contributed by atoms with Crippen molar-refractivity contribution in [3.8, 4) is 5.75 Å². The number of benzene rings is 1. The maximum atomic E-state index is 12.7. The van der Waals surface area contributed by atoms with E-state index in [1.807, 2.05) is 0 Å². The fourth-order valence-corrected chi connectivity index (χ4v) is 1.04. The second-order valence-corrected chi connectivity index (χ2v) is 2.87. The van der Waals surface area contributed by atoms with Crippen LogP contribution in [0.15, 0.2) is 16.6 Å². The second kappa shape index (κ2) is 3.95. The summed E-state index contributed by atoms with van der Waals surface area (Å²) in [5, 5.41) is 0. The minimum atomic E-state index is -3.11. The second-order valence-electron chi connectivity index (χ2n) is 2.08. The molecule has 0 bridgehead atoms. The summed E-state index contributed by atoms with van der Waals surface area (Å²) in [5.74, 6) is -2.53. The normalized spacial score (nSPS) is 10.6. The minimum absolute atomic E-state index is 0.325.